The maximum absolute atomic E-state index is 11.2. The summed E-state index contributed by atoms with van der Waals surface area (Å²) in [6.45, 7) is 4.75. The molecule has 21 heavy (non-hydrogen) atoms. The molecule has 0 fully saturated rings. The van der Waals surface area contributed by atoms with Gasteiger partial charge in [0.25, 0.3) is 0 Å². The molecule has 0 radical (unpaired) electrons. The number of hydrogen-bond acceptors (Lipinski definition) is 8. The molecule has 10 heteroatoms. The van der Waals surface area contributed by atoms with Gasteiger partial charge in [-0.2, -0.15) is 20.2 Å². The van der Waals surface area contributed by atoms with E-state index < -0.39 is 12.2 Å². The van der Waals surface area contributed by atoms with Gasteiger partial charge in [-0.25, -0.2) is 9.59 Å². The van der Waals surface area contributed by atoms with Gasteiger partial charge in [-0.15, -0.1) is 0 Å². The molecule has 0 spiro atoms. The van der Waals surface area contributed by atoms with Crippen LogP contribution in [0.4, 0.5) is 9.59 Å². The number of rotatable bonds is 8. The van der Waals surface area contributed by atoms with E-state index in [1.807, 2.05) is 0 Å². The molecule has 120 valence electrons. The van der Waals surface area contributed by atoms with Crippen molar-refractivity contribution < 1.29 is 19.1 Å². The van der Waals surface area contributed by atoms with Gasteiger partial charge in [0, 0.05) is 14.1 Å². The van der Waals surface area contributed by atoms with Crippen molar-refractivity contribution in [2.75, 3.05) is 40.4 Å². The van der Waals surface area contributed by atoms with Crippen molar-refractivity contribution in [2.24, 2.45) is 20.7 Å². The summed E-state index contributed by atoms with van der Waals surface area (Å²) >= 11 is 0. The maximum atomic E-state index is 11.2. The highest BCUT2D eigenvalue weighted by Gasteiger charge is 2.07. The minimum atomic E-state index is -0.558. The van der Waals surface area contributed by atoms with E-state index in [1.54, 1.807) is 13.8 Å². The maximum Gasteiger partial charge on any atom is 0.431 e. The molecule has 0 N–H and O–H groups in total. The fourth-order valence-corrected chi connectivity index (χ4v) is 0.998. The van der Waals surface area contributed by atoms with Crippen LogP contribution in [0.15, 0.2) is 20.7 Å². The molecular weight excluding hydrogens is 280 g/mol. The quantitative estimate of drug-likeness (QED) is 0.389. The van der Waals surface area contributed by atoms with E-state index in [-0.39, 0.29) is 13.2 Å². The largest absolute Gasteiger partial charge is 0.448 e. The van der Waals surface area contributed by atoms with Crippen LogP contribution in [0.2, 0.25) is 0 Å². The van der Waals surface area contributed by atoms with Gasteiger partial charge in [0.2, 0.25) is 0 Å². The molecule has 2 amide bonds. The number of hydrogen-bond donors (Lipinski definition) is 0. The lowest BCUT2D eigenvalue weighted by molar-refractivity contribution is 0.114. The molecule has 0 heterocycles. The first-order valence-corrected chi connectivity index (χ1v) is 6.58. The Morgan fingerprint density at radius 1 is 0.857 bits per heavy atom. The van der Waals surface area contributed by atoms with Gasteiger partial charge in [-0.1, -0.05) is 10.4 Å². The third-order valence-corrected chi connectivity index (χ3v) is 1.98. The van der Waals surface area contributed by atoms with Crippen molar-refractivity contribution in [3.05, 3.63) is 0 Å². The van der Waals surface area contributed by atoms with Crippen molar-refractivity contribution in [1.29, 1.82) is 0 Å². The van der Waals surface area contributed by atoms with E-state index in [0.29, 0.717) is 19.5 Å². The first kappa shape index (κ1) is 18.7. The number of carbonyl (C=O) groups is 2. The molecular formula is C11H22N6O4. The van der Waals surface area contributed by atoms with Crippen LogP contribution < -0.4 is 0 Å². The van der Waals surface area contributed by atoms with Crippen LogP contribution in [-0.4, -0.2) is 62.6 Å². The van der Waals surface area contributed by atoms with E-state index >= 15 is 0 Å². The number of carbonyl (C=O) groups excluding carboxylic acids is 2. The highest BCUT2D eigenvalue weighted by Crippen LogP contribution is 1.95. The smallest absolute Gasteiger partial charge is 0.431 e. The normalized spacial score (nSPS) is 10.9. The van der Waals surface area contributed by atoms with E-state index in [4.69, 9.17) is 9.47 Å². The molecule has 0 saturated carbocycles. The highest BCUT2D eigenvalue weighted by molar-refractivity contribution is 5.66. The molecule has 0 bridgehead atoms. The average molecular weight is 302 g/mol. The molecule has 0 rings (SSSR count). The van der Waals surface area contributed by atoms with Crippen molar-refractivity contribution in [3.63, 3.8) is 0 Å². The van der Waals surface area contributed by atoms with E-state index in [0.717, 1.165) is 10.0 Å². The van der Waals surface area contributed by atoms with Crippen LogP contribution >= 0.6 is 0 Å². The molecule has 10 nitrogen and oxygen atoms in total. The molecule has 0 aromatic heterocycles. The third kappa shape index (κ3) is 9.30. The van der Waals surface area contributed by atoms with Crippen molar-refractivity contribution in [2.45, 2.75) is 20.3 Å². The zero-order valence-electron chi connectivity index (χ0n) is 12.9. The van der Waals surface area contributed by atoms with Crippen LogP contribution in [0.1, 0.15) is 20.3 Å². The van der Waals surface area contributed by atoms with Crippen molar-refractivity contribution in [3.8, 4) is 0 Å². The van der Waals surface area contributed by atoms with Crippen molar-refractivity contribution in [1.82, 2.24) is 10.0 Å². The topological polar surface area (TPSA) is 109 Å². The Morgan fingerprint density at radius 2 is 1.24 bits per heavy atom. The molecule has 0 aromatic carbocycles. The SMILES string of the molecule is CCOC(=O)N(C)N=NCCCN=NN(C)C(=O)OCC. The van der Waals surface area contributed by atoms with E-state index in [9.17, 15) is 9.59 Å². The Labute approximate surface area is 123 Å². The second kappa shape index (κ2) is 11.6. The van der Waals surface area contributed by atoms with Crippen LogP contribution in [0.25, 0.3) is 0 Å². The summed E-state index contributed by atoms with van der Waals surface area (Å²) in [6, 6.07) is 0. The molecule has 0 atom stereocenters. The lowest BCUT2D eigenvalue weighted by Crippen LogP contribution is -2.21. The Bertz CT molecular complexity index is 340. The monoisotopic (exact) mass is 302 g/mol. The van der Waals surface area contributed by atoms with Crippen LogP contribution in [0.5, 0.6) is 0 Å². The molecule has 0 saturated heterocycles. The number of nitrogens with zero attached hydrogens (tertiary/aromatic N) is 6. The predicted octanol–water partition coefficient (Wildman–Crippen LogP) is 2.29. The fraction of sp³-hybridized carbons (Fsp3) is 0.818. The first-order valence-electron chi connectivity index (χ1n) is 6.58. The number of ether oxygens (including phenoxy) is 2. The Kier molecular flexibility index (Phi) is 10.3. The van der Waals surface area contributed by atoms with E-state index in [1.165, 1.54) is 14.1 Å². The summed E-state index contributed by atoms with van der Waals surface area (Å²) in [7, 11) is 2.91. The molecule has 0 aliphatic heterocycles. The summed E-state index contributed by atoms with van der Waals surface area (Å²) < 4.78 is 9.44. The predicted molar refractivity (Wildman–Crippen MR) is 73.6 cm³/mol. The van der Waals surface area contributed by atoms with Crippen LogP contribution in [-0.2, 0) is 9.47 Å². The van der Waals surface area contributed by atoms with Gasteiger partial charge in [0.15, 0.2) is 0 Å². The molecule has 0 aliphatic rings. The average Bonchev–Trinajstić information content (AvgIpc) is 2.46. The summed E-state index contributed by atoms with van der Waals surface area (Å²) in [5.74, 6) is 0. The Morgan fingerprint density at radius 3 is 1.57 bits per heavy atom. The Balaban J connectivity index is 3.81. The second-order valence-corrected chi connectivity index (χ2v) is 3.71. The lowest BCUT2D eigenvalue weighted by atomic mass is 10.4. The van der Waals surface area contributed by atoms with Gasteiger partial charge in [0.1, 0.15) is 0 Å². The lowest BCUT2D eigenvalue weighted by Gasteiger charge is -2.08. The summed E-state index contributed by atoms with van der Waals surface area (Å²) in [5, 5.41) is 16.9. The minimum absolute atomic E-state index is 0.285. The van der Waals surface area contributed by atoms with Gasteiger partial charge in [-0.3, -0.25) is 0 Å². The number of amides is 2. The molecule has 0 aliphatic carbocycles. The first-order chi connectivity index (χ1) is 10.0. The second-order valence-electron chi connectivity index (χ2n) is 3.71. The van der Waals surface area contributed by atoms with Gasteiger partial charge in [-0.05, 0) is 20.3 Å². The molecule has 0 unspecified atom stereocenters. The standard InChI is InChI=1S/C11H22N6O4/c1-5-20-10(18)16(3)14-12-8-7-9-13-15-17(4)11(19)21-6-2/h5-9H2,1-4H3. The summed E-state index contributed by atoms with van der Waals surface area (Å²) in [4.78, 5) is 22.3. The van der Waals surface area contributed by atoms with Crippen molar-refractivity contribution >= 4 is 12.2 Å². The van der Waals surface area contributed by atoms with Gasteiger partial charge in [0.05, 0.1) is 26.3 Å². The highest BCUT2D eigenvalue weighted by atomic mass is 16.6. The Hall–Kier alpha value is -2.26. The van der Waals surface area contributed by atoms with Crippen LogP contribution in [0.3, 0.4) is 0 Å². The fourth-order valence-electron chi connectivity index (χ4n) is 0.998. The van der Waals surface area contributed by atoms with Crippen LogP contribution in [0, 0.1) is 0 Å². The third-order valence-electron chi connectivity index (χ3n) is 1.98. The zero-order valence-corrected chi connectivity index (χ0v) is 12.9. The van der Waals surface area contributed by atoms with Gasteiger partial charge >= 0.3 is 12.2 Å². The summed E-state index contributed by atoms with van der Waals surface area (Å²) in [5.41, 5.74) is 0. The van der Waals surface area contributed by atoms with E-state index in [2.05, 4.69) is 20.7 Å². The molecule has 0 aromatic rings. The zero-order chi connectivity index (χ0) is 16.1. The summed E-state index contributed by atoms with van der Waals surface area (Å²) in [6.07, 6.45) is -0.533. The van der Waals surface area contributed by atoms with Gasteiger partial charge < -0.3 is 9.47 Å². The minimum Gasteiger partial charge on any atom is -0.448 e.